The molecule has 0 heterocycles. The largest absolute Gasteiger partial charge is 0.505 e. The number of aromatic hydroxyl groups is 1. The highest BCUT2D eigenvalue weighted by atomic mass is 79.9. The van der Waals surface area contributed by atoms with Crippen LogP contribution in [-0.4, -0.2) is 5.11 Å². The Bertz CT molecular complexity index is 239. The molecule has 0 bridgehead atoms. The van der Waals surface area contributed by atoms with Crippen LogP contribution in [0.3, 0.4) is 0 Å². The molecule has 0 saturated carbocycles. The van der Waals surface area contributed by atoms with Gasteiger partial charge < -0.3 is 10.8 Å². The second-order valence-electron chi connectivity index (χ2n) is 1.83. The van der Waals surface area contributed by atoms with Crippen molar-refractivity contribution in [3.8, 4) is 5.75 Å². The maximum Gasteiger partial charge on any atom is 0.152 e. The Morgan fingerprint density at radius 3 is 2.40 bits per heavy atom. The standard InChI is InChI=1S/C6H5Br2NO/c7-3-1-4(8)6(10)5(9)2-3/h1-2,10H,9H2. The number of benzene rings is 1. The summed E-state index contributed by atoms with van der Waals surface area (Å²) in [6.45, 7) is 0. The third kappa shape index (κ3) is 1.44. The molecule has 0 aliphatic carbocycles. The van der Waals surface area contributed by atoms with Gasteiger partial charge in [-0.25, -0.2) is 0 Å². The molecule has 1 aromatic carbocycles. The molecule has 0 amide bonds. The van der Waals surface area contributed by atoms with Gasteiger partial charge >= 0.3 is 0 Å². The third-order valence-corrected chi connectivity index (χ3v) is 2.12. The van der Waals surface area contributed by atoms with E-state index in [4.69, 9.17) is 10.8 Å². The summed E-state index contributed by atoms with van der Waals surface area (Å²) >= 11 is 6.36. The summed E-state index contributed by atoms with van der Waals surface area (Å²) in [5.74, 6) is 0.0863. The number of nitrogen functional groups attached to an aromatic ring is 1. The Kier molecular flexibility index (Phi) is 2.21. The summed E-state index contributed by atoms with van der Waals surface area (Å²) in [6, 6.07) is 3.37. The molecule has 0 spiro atoms. The molecule has 0 fully saturated rings. The van der Waals surface area contributed by atoms with Crippen LogP contribution < -0.4 is 5.73 Å². The predicted octanol–water partition coefficient (Wildman–Crippen LogP) is 2.50. The number of anilines is 1. The molecule has 0 aliphatic heterocycles. The molecule has 4 heteroatoms. The molecule has 2 nitrogen and oxygen atoms in total. The van der Waals surface area contributed by atoms with E-state index in [9.17, 15) is 0 Å². The minimum atomic E-state index is 0.0863. The van der Waals surface area contributed by atoms with Gasteiger partial charge in [0.05, 0.1) is 10.2 Å². The van der Waals surface area contributed by atoms with E-state index < -0.39 is 0 Å². The highest BCUT2D eigenvalue weighted by Crippen LogP contribution is 2.32. The Hall–Kier alpha value is -0.220. The number of phenols is 1. The highest BCUT2D eigenvalue weighted by Gasteiger charge is 2.02. The molecule has 1 rings (SSSR count). The van der Waals surface area contributed by atoms with Crippen LogP contribution in [0.25, 0.3) is 0 Å². The summed E-state index contributed by atoms with van der Waals surface area (Å²) in [6.07, 6.45) is 0. The normalized spacial score (nSPS) is 9.80. The molecular weight excluding hydrogens is 262 g/mol. The van der Waals surface area contributed by atoms with E-state index in [-0.39, 0.29) is 5.75 Å². The summed E-state index contributed by atoms with van der Waals surface area (Å²) in [4.78, 5) is 0. The fraction of sp³-hybridized carbons (Fsp3) is 0. The van der Waals surface area contributed by atoms with Crippen molar-refractivity contribution in [1.82, 2.24) is 0 Å². The maximum absolute atomic E-state index is 9.14. The first kappa shape index (κ1) is 7.88. The summed E-state index contributed by atoms with van der Waals surface area (Å²) in [5, 5.41) is 9.14. The van der Waals surface area contributed by atoms with Gasteiger partial charge in [0.1, 0.15) is 0 Å². The van der Waals surface area contributed by atoms with Gasteiger partial charge in [-0.2, -0.15) is 0 Å². The van der Waals surface area contributed by atoms with Gasteiger partial charge in [-0.3, -0.25) is 0 Å². The first-order valence-electron chi connectivity index (χ1n) is 2.54. The SMILES string of the molecule is Nc1cc(Br)cc(Br)c1O. The molecule has 0 atom stereocenters. The second-order valence-corrected chi connectivity index (χ2v) is 3.60. The van der Waals surface area contributed by atoms with E-state index in [0.29, 0.717) is 10.2 Å². The topological polar surface area (TPSA) is 46.2 Å². The fourth-order valence-corrected chi connectivity index (χ4v) is 1.84. The van der Waals surface area contributed by atoms with Gasteiger partial charge in [0, 0.05) is 4.47 Å². The molecular formula is C6H5Br2NO. The Labute approximate surface area is 75.3 Å². The highest BCUT2D eigenvalue weighted by molar-refractivity contribution is 9.11. The van der Waals surface area contributed by atoms with E-state index in [1.54, 1.807) is 12.1 Å². The van der Waals surface area contributed by atoms with Crippen molar-refractivity contribution in [1.29, 1.82) is 0 Å². The molecule has 0 aliphatic rings. The fourth-order valence-electron chi connectivity index (χ4n) is 0.586. The van der Waals surface area contributed by atoms with Crippen LogP contribution in [-0.2, 0) is 0 Å². The zero-order chi connectivity index (χ0) is 7.72. The summed E-state index contributed by atoms with van der Waals surface area (Å²) in [5.41, 5.74) is 5.77. The minimum absolute atomic E-state index is 0.0863. The van der Waals surface area contributed by atoms with Gasteiger partial charge in [0.15, 0.2) is 5.75 Å². The molecule has 0 unspecified atom stereocenters. The third-order valence-electron chi connectivity index (χ3n) is 1.06. The number of hydrogen-bond acceptors (Lipinski definition) is 2. The van der Waals surface area contributed by atoms with Gasteiger partial charge in [0.2, 0.25) is 0 Å². The van der Waals surface area contributed by atoms with Crippen molar-refractivity contribution in [2.45, 2.75) is 0 Å². The Morgan fingerprint density at radius 1 is 1.30 bits per heavy atom. The summed E-state index contributed by atoms with van der Waals surface area (Å²) in [7, 11) is 0. The van der Waals surface area contributed by atoms with Crippen LogP contribution in [0.2, 0.25) is 0 Å². The van der Waals surface area contributed by atoms with Crippen molar-refractivity contribution in [2.24, 2.45) is 0 Å². The monoisotopic (exact) mass is 265 g/mol. The van der Waals surface area contributed by atoms with Gasteiger partial charge in [-0.05, 0) is 28.1 Å². The minimum Gasteiger partial charge on any atom is -0.505 e. The number of hydrogen-bond donors (Lipinski definition) is 2. The molecule has 54 valence electrons. The van der Waals surface area contributed by atoms with Crippen LogP contribution in [0, 0.1) is 0 Å². The Morgan fingerprint density at radius 2 is 1.90 bits per heavy atom. The van der Waals surface area contributed by atoms with Crippen LogP contribution in [0.1, 0.15) is 0 Å². The molecule has 3 N–H and O–H groups in total. The Balaban J connectivity index is 3.31. The maximum atomic E-state index is 9.14. The molecule has 0 saturated heterocycles. The smallest absolute Gasteiger partial charge is 0.152 e. The summed E-state index contributed by atoms with van der Waals surface area (Å²) < 4.78 is 1.44. The quantitative estimate of drug-likeness (QED) is 0.560. The van der Waals surface area contributed by atoms with Crippen LogP contribution >= 0.6 is 31.9 Å². The van der Waals surface area contributed by atoms with Crippen LogP contribution in [0.4, 0.5) is 5.69 Å². The van der Waals surface area contributed by atoms with Crippen molar-refractivity contribution in [2.75, 3.05) is 5.73 Å². The van der Waals surface area contributed by atoms with Crippen LogP contribution in [0.15, 0.2) is 21.1 Å². The molecule has 0 aromatic heterocycles. The van der Waals surface area contributed by atoms with Crippen LogP contribution in [0.5, 0.6) is 5.75 Å². The van der Waals surface area contributed by atoms with Gasteiger partial charge in [-0.1, -0.05) is 15.9 Å². The first-order valence-corrected chi connectivity index (χ1v) is 4.13. The van der Waals surface area contributed by atoms with E-state index >= 15 is 0 Å². The lowest BCUT2D eigenvalue weighted by Crippen LogP contribution is -1.85. The molecule has 0 radical (unpaired) electrons. The zero-order valence-corrected chi connectivity index (χ0v) is 8.11. The number of rotatable bonds is 0. The lowest BCUT2D eigenvalue weighted by molar-refractivity contribution is 0.474. The zero-order valence-electron chi connectivity index (χ0n) is 4.94. The van der Waals surface area contributed by atoms with E-state index in [2.05, 4.69) is 31.9 Å². The van der Waals surface area contributed by atoms with E-state index in [1.807, 2.05) is 0 Å². The van der Waals surface area contributed by atoms with Gasteiger partial charge in [0.25, 0.3) is 0 Å². The van der Waals surface area contributed by atoms with E-state index in [0.717, 1.165) is 4.47 Å². The average Bonchev–Trinajstić information content (AvgIpc) is 1.82. The van der Waals surface area contributed by atoms with E-state index in [1.165, 1.54) is 0 Å². The first-order chi connectivity index (χ1) is 4.61. The van der Waals surface area contributed by atoms with Crippen molar-refractivity contribution in [3.63, 3.8) is 0 Å². The van der Waals surface area contributed by atoms with Crippen molar-refractivity contribution in [3.05, 3.63) is 21.1 Å². The number of nitrogens with two attached hydrogens (primary N) is 1. The molecule has 1 aromatic rings. The van der Waals surface area contributed by atoms with Crippen molar-refractivity contribution >= 4 is 37.5 Å². The van der Waals surface area contributed by atoms with Crippen molar-refractivity contribution < 1.29 is 5.11 Å². The lowest BCUT2D eigenvalue weighted by atomic mass is 10.3. The predicted molar refractivity (Wildman–Crippen MR) is 47.9 cm³/mol. The lowest BCUT2D eigenvalue weighted by Gasteiger charge is -2.00. The number of halogens is 2. The second kappa shape index (κ2) is 2.80. The average molecular weight is 267 g/mol. The number of phenolic OH excluding ortho intramolecular Hbond substituents is 1. The molecule has 10 heavy (non-hydrogen) atoms. The van der Waals surface area contributed by atoms with Gasteiger partial charge in [-0.15, -0.1) is 0 Å².